The van der Waals surface area contributed by atoms with E-state index in [0.29, 0.717) is 16.6 Å². The molecule has 2 aromatic rings. The average molecular weight is 412 g/mol. The molecule has 0 aromatic heterocycles. The molecule has 0 radical (unpaired) electrons. The van der Waals surface area contributed by atoms with E-state index in [9.17, 15) is 4.79 Å². The molecule has 2 heterocycles. The van der Waals surface area contributed by atoms with Gasteiger partial charge in [0.2, 0.25) is 5.91 Å². The number of methoxy groups -OCH3 is 1. The number of anilines is 1. The summed E-state index contributed by atoms with van der Waals surface area (Å²) in [6.45, 7) is 3.97. The second kappa shape index (κ2) is 6.91. The highest BCUT2D eigenvalue weighted by Crippen LogP contribution is 2.50. The molecule has 1 saturated heterocycles. The van der Waals surface area contributed by atoms with Gasteiger partial charge in [-0.2, -0.15) is 0 Å². The molecular formula is C22H25N3O3S. The zero-order chi connectivity index (χ0) is 20.9. The summed E-state index contributed by atoms with van der Waals surface area (Å²) in [6.07, 6.45) is 0. The molecule has 0 unspecified atom stereocenters. The molecule has 6 nitrogen and oxygen atoms in total. The lowest BCUT2D eigenvalue weighted by molar-refractivity contribution is -0.144. The molecule has 7 heteroatoms. The summed E-state index contributed by atoms with van der Waals surface area (Å²) in [5.41, 5.74) is 1.91. The Morgan fingerprint density at radius 1 is 1.24 bits per heavy atom. The van der Waals surface area contributed by atoms with Gasteiger partial charge in [-0.25, -0.2) is 0 Å². The Hall–Kier alpha value is -2.80. The number of fused-ring (bicyclic) bond motifs is 4. The van der Waals surface area contributed by atoms with Crippen LogP contribution in [0.5, 0.6) is 11.5 Å². The van der Waals surface area contributed by atoms with E-state index in [-0.39, 0.29) is 11.9 Å². The lowest BCUT2D eigenvalue weighted by Crippen LogP contribution is -2.72. The largest absolute Gasteiger partial charge is 0.497 e. The fourth-order valence-corrected chi connectivity index (χ4v) is 4.64. The predicted molar refractivity (Wildman–Crippen MR) is 116 cm³/mol. The van der Waals surface area contributed by atoms with Crippen molar-refractivity contribution in [2.45, 2.75) is 25.6 Å². The van der Waals surface area contributed by atoms with Gasteiger partial charge in [0.05, 0.1) is 13.2 Å². The first-order valence-corrected chi connectivity index (χ1v) is 9.92. The Balaban J connectivity index is 1.90. The van der Waals surface area contributed by atoms with Crippen LogP contribution in [0.1, 0.15) is 24.1 Å². The van der Waals surface area contributed by atoms with Gasteiger partial charge in [0.15, 0.2) is 10.8 Å². The summed E-state index contributed by atoms with van der Waals surface area (Å²) in [5, 5.41) is 3.93. The summed E-state index contributed by atoms with van der Waals surface area (Å²) >= 11 is 5.74. The van der Waals surface area contributed by atoms with Crippen molar-refractivity contribution < 1.29 is 14.3 Å². The zero-order valence-corrected chi connectivity index (χ0v) is 18.0. The number of hydrogen-bond acceptors (Lipinski definition) is 4. The van der Waals surface area contributed by atoms with Gasteiger partial charge in [-0.1, -0.05) is 17.7 Å². The lowest BCUT2D eigenvalue weighted by Gasteiger charge is -2.56. The molecule has 29 heavy (non-hydrogen) atoms. The zero-order valence-electron chi connectivity index (χ0n) is 17.2. The Morgan fingerprint density at radius 3 is 2.55 bits per heavy atom. The highest BCUT2D eigenvalue weighted by Gasteiger charge is 2.59. The van der Waals surface area contributed by atoms with Gasteiger partial charge in [-0.15, -0.1) is 0 Å². The highest BCUT2D eigenvalue weighted by molar-refractivity contribution is 7.80. The van der Waals surface area contributed by atoms with Crippen molar-refractivity contribution in [1.82, 2.24) is 10.2 Å². The van der Waals surface area contributed by atoms with Gasteiger partial charge in [0.1, 0.15) is 17.4 Å². The number of aryl methyl sites for hydroxylation is 1. The summed E-state index contributed by atoms with van der Waals surface area (Å²) in [4.78, 5) is 16.8. The second-order valence-corrected chi connectivity index (χ2v) is 8.26. The number of nitrogens with one attached hydrogen (secondary N) is 1. The minimum absolute atomic E-state index is 0.0296. The number of thiocarbonyl (C=S) groups is 1. The van der Waals surface area contributed by atoms with Crippen molar-refractivity contribution in [2.24, 2.45) is 5.92 Å². The number of amides is 1. The first-order valence-electron chi connectivity index (χ1n) is 9.52. The summed E-state index contributed by atoms with van der Waals surface area (Å²) in [7, 11) is 5.14. The van der Waals surface area contributed by atoms with Crippen LogP contribution in [0.2, 0.25) is 0 Å². The number of carbonyl (C=O) groups excluding carboxylic acids is 1. The van der Waals surface area contributed by atoms with Crippen LogP contribution >= 0.6 is 12.2 Å². The van der Waals surface area contributed by atoms with Gasteiger partial charge >= 0.3 is 0 Å². The summed E-state index contributed by atoms with van der Waals surface area (Å²) in [5.74, 6) is 0.886. The number of benzene rings is 2. The smallest absolute Gasteiger partial charge is 0.233 e. The topological polar surface area (TPSA) is 54.0 Å². The van der Waals surface area contributed by atoms with Crippen LogP contribution in [0.4, 0.5) is 5.69 Å². The third-order valence-corrected chi connectivity index (χ3v) is 6.00. The van der Waals surface area contributed by atoms with E-state index < -0.39 is 11.6 Å². The Labute approximate surface area is 176 Å². The third-order valence-electron chi connectivity index (χ3n) is 5.70. The molecule has 2 aliphatic heterocycles. The van der Waals surface area contributed by atoms with Crippen molar-refractivity contribution in [3.8, 4) is 11.5 Å². The lowest BCUT2D eigenvalue weighted by atomic mass is 9.78. The molecule has 3 atom stereocenters. The van der Waals surface area contributed by atoms with Gasteiger partial charge in [0, 0.05) is 25.3 Å². The minimum atomic E-state index is -0.981. The molecule has 1 amide bonds. The Kier molecular flexibility index (Phi) is 4.65. The summed E-state index contributed by atoms with van der Waals surface area (Å²) < 4.78 is 11.9. The van der Waals surface area contributed by atoms with Gasteiger partial charge < -0.3 is 19.7 Å². The van der Waals surface area contributed by atoms with E-state index in [1.165, 1.54) is 0 Å². The highest BCUT2D eigenvalue weighted by atomic mass is 32.1. The molecule has 0 saturated carbocycles. The van der Waals surface area contributed by atoms with Crippen molar-refractivity contribution >= 4 is 28.9 Å². The first-order chi connectivity index (χ1) is 13.8. The molecule has 1 fully saturated rings. The number of rotatable bonds is 3. The number of hydrogen-bond donors (Lipinski definition) is 1. The minimum Gasteiger partial charge on any atom is -0.497 e. The van der Waals surface area contributed by atoms with Gasteiger partial charge in [-0.3, -0.25) is 9.69 Å². The molecule has 152 valence electrons. The van der Waals surface area contributed by atoms with E-state index in [2.05, 4.69) is 5.32 Å². The number of ether oxygens (including phenoxy) is 2. The van der Waals surface area contributed by atoms with Gasteiger partial charge in [0.25, 0.3) is 0 Å². The average Bonchev–Trinajstić information content (AvgIpc) is 2.68. The normalized spacial score (nSPS) is 24.9. The molecule has 0 spiro atoms. The number of nitrogens with zero attached hydrogens (tertiary/aromatic N) is 2. The van der Waals surface area contributed by atoms with Gasteiger partial charge in [-0.05, 0) is 56.4 Å². The molecule has 0 aliphatic carbocycles. The van der Waals surface area contributed by atoms with Crippen molar-refractivity contribution in [3.05, 3.63) is 53.6 Å². The van der Waals surface area contributed by atoms with Crippen LogP contribution in [0, 0.1) is 12.8 Å². The monoisotopic (exact) mass is 411 g/mol. The van der Waals surface area contributed by atoms with E-state index in [4.69, 9.17) is 21.7 Å². The number of carbonyl (C=O) groups is 1. The predicted octanol–water partition coefficient (Wildman–Crippen LogP) is 3.25. The maximum Gasteiger partial charge on any atom is 0.233 e. The maximum atomic E-state index is 13.3. The molecule has 1 N–H and O–H groups in total. The molecule has 4 rings (SSSR count). The fraction of sp³-hybridized carbons (Fsp3) is 0.364. The van der Waals surface area contributed by atoms with E-state index in [0.717, 1.165) is 16.8 Å². The van der Waals surface area contributed by atoms with Crippen LogP contribution in [0.3, 0.4) is 0 Å². The standard InChI is InChI=1S/C22H25N3O3S/c1-13-6-8-14(9-7-13)25-21(29)23-19-16-12-15(27-5)10-11-17(16)28-22(25,2)18(19)20(26)24(3)4/h6-12,18-19H,1-5H3,(H,23,29)/t18-,19+,22-/m0/s1. The van der Waals surface area contributed by atoms with Crippen LogP contribution in [-0.2, 0) is 4.79 Å². The van der Waals surface area contributed by atoms with Crippen molar-refractivity contribution in [3.63, 3.8) is 0 Å². The quantitative estimate of drug-likeness (QED) is 0.783. The van der Waals surface area contributed by atoms with E-state index in [1.807, 2.05) is 61.2 Å². The van der Waals surface area contributed by atoms with Crippen LogP contribution in [0.25, 0.3) is 0 Å². The third kappa shape index (κ3) is 3.00. The van der Waals surface area contributed by atoms with Crippen molar-refractivity contribution in [2.75, 3.05) is 26.1 Å². The Bertz CT molecular complexity index is 976. The second-order valence-electron chi connectivity index (χ2n) is 7.87. The molecule has 2 aromatic carbocycles. The molecular weight excluding hydrogens is 386 g/mol. The van der Waals surface area contributed by atoms with Crippen LogP contribution in [0.15, 0.2) is 42.5 Å². The van der Waals surface area contributed by atoms with Crippen molar-refractivity contribution in [1.29, 1.82) is 0 Å². The summed E-state index contributed by atoms with van der Waals surface area (Å²) in [6, 6.07) is 13.4. The SMILES string of the molecule is COc1ccc2c(c1)[C@H]1NC(=S)N(c3ccc(C)cc3)[C@@](C)(O2)[C@@H]1C(=O)N(C)C. The first kappa shape index (κ1) is 19.5. The fourth-order valence-electron chi connectivity index (χ4n) is 4.23. The Morgan fingerprint density at radius 2 is 1.93 bits per heavy atom. The maximum absolute atomic E-state index is 13.3. The van der Waals surface area contributed by atoms with E-state index in [1.54, 1.807) is 26.1 Å². The van der Waals surface area contributed by atoms with Crippen LogP contribution in [-0.4, -0.2) is 42.8 Å². The molecule has 2 aliphatic rings. The van der Waals surface area contributed by atoms with Crippen LogP contribution < -0.4 is 19.7 Å². The van der Waals surface area contributed by atoms with E-state index >= 15 is 0 Å². The molecule has 2 bridgehead atoms.